The third kappa shape index (κ3) is 2.86. The smallest absolute Gasteiger partial charge is 0.108 e. The lowest BCUT2D eigenvalue weighted by Crippen LogP contribution is -2.29. The van der Waals surface area contributed by atoms with Crippen LogP contribution in [0, 0.1) is 0 Å². The van der Waals surface area contributed by atoms with Gasteiger partial charge < -0.3 is 4.90 Å². The van der Waals surface area contributed by atoms with Gasteiger partial charge in [0.25, 0.3) is 0 Å². The van der Waals surface area contributed by atoms with Crippen LogP contribution < -0.4 is 0 Å². The number of hydrogen-bond donors (Lipinski definition) is 0. The number of amidine groups is 1. The van der Waals surface area contributed by atoms with E-state index in [2.05, 4.69) is 40.9 Å². The molecule has 0 aromatic carbocycles. The lowest BCUT2D eigenvalue weighted by molar-refractivity contribution is 0.459. The Bertz CT molecular complexity index is 468. The lowest BCUT2D eigenvalue weighted by Gasteiger charge is -2.21. The molecule has 1 aromatic heterocycles. The fourth-order valence-corrected chi connectivity index (χ4v) is 2.05. The van der Waals surface area contributed by atoms with Gasteiger partial charge in [-0.05, 0) is 37.1 Å². The van der Waals surface area contributed by atoms with E-state index < -0.39 is 0 Å². The number of aromatic nitrogens is 1. The van der Waals surface area contributed by atoms with E-state index in [1.54, 1.807) is 0 Å². The maximum atomic E-state index is 4.62. The van der Waals surface area contributed by atoms with Gasteiger partial charge in [0.05, 0.1) is 0 Å². The van der Waals surface area contributed by atoms with Gasteiger partial charge in [0.1, 0.15) is 5.84 Å². The van der Waals surface area contributed by atoms with Gasteiger partial charge >= 0.3 is 0 Å². The Kier molecular flexibility index (Phi) is 4.29. The Morgan fingerprint density at radius 1 is 1.17 bits per heavy atom. The van der Waals surface area contributed by atoms with Crippen LogP contribution in [-0.4, -0.2) is 28.8 Å². The van der Waals surface area contributed by atoms with Crippen molar-refractivity contribution < 1.29 is 0 Å². The van der Waals surface area contributed by atoms with Crippen molar-refractivity contribution in [3.8, 4) is 0 Å². The molecular formula is C15H19N3. The standard InChI is InChI=1S/C15H19N3/c1-3-18(4-2)15-7-5-6-14(12-17-15)13-8-10-16-11-9-13/h5-6,8-12H,3-4,7H2,1-2H3. The summed E-state index contributed by atoms with van der Waals surface area (Å²) < 4.78 is 0. The number of allylic oxidation sites excluding steroid dienone is 2. The van der Waals surface area contributed by atoms with Crippen LogP contribution in [0.2, 0.25) is 0 Å². The third-order valence-electron chi connectivity index (χ3n) is 3.09. The summed E-state index contributed by atoms with van der Waals surface area (Å²) in [5.74, 6) is 1.14. The van der Waals surface area contributed by atoms with Crippen LogP contribution in [0.3, 0.4) is 0 Å². The van der Waals surface area contributed by atoms with Crippen LogP contribution in [-0.2, 0) is 0 Å². The van der Waals surface area contributed by atoms with Gasteiger partial charge in [-0.25, -0.2) is 4.99 Å². The summed E-state index contributed by atoms with van der Waals surface area (Å²) >= 11 is 0. The molecule has 0 unspecified atom stereocenters. The van der Waals surface area contributed by atoms with Crippen molar-refractivity contribution >= 4 is 11.4 Å². The van der Waals surface area contributed by atoms with E-state index in [9.17, 15) is 0 Å². The van der Waals surface area contributed by atoms with Gasteiger partial charge in [-0.15, -0.1) is 0 Å². The summed E-state index contributed by atoms with van der Waals surface area (Å²) in [4.78, 5) is 10.9. The summed E-state index contributed by atoms with van der Waals surface area (Å²) in [7, 11) is 0. The summed E-state index contributed by atoms with van der Waals surface area (Å²) in [5.41, 5.74) is 2.30. The highest BCUT2D eigenvalue weighted by molar-refractivity contribution is 5.87. The maximum Gasteiger partial charge on any atom is 0.108 e. The predicted octanol–water partition coefficient (Wildman–Crippen LogP) is 3.12. The Morgan fingerprint density at radius 2 is 1.89 bits per heavy atom. The molecule has 0 saturated carbocycles. The maximum absolute atomic E-state index is 4.62. The monoisotopic (exact) mass is 241 g/mol. The van der Waals surface area contributed by atoms with Crippen LogP contribution in [0.5, 0.6) is 0 Å². The summed E-state index contributed by atoms with van der Waals surface area (Å²) in [6.45, 7) is 6.32. The molecule has 3 heteroatoms. The van der Waals surface area contributed by atoms with E-state index in [1.807, 2.05) is 30.7 Å². The number of rotatable bonds is 3. The summed E-state index contributed by atoms with van der Waals surface area (Å²) in [6, 6.07) is 4.02. The van der Waals surface area contributed by atoms with Gasteiger partial charge in [0.2, 0.25) is 0 Å². The zero-order chi connectivity index (χ0) is 12.8. The van der Waals surface area contributed by atoms with Crippen LogP contribution in [0.15, 0.2) is 47.9 Å². The van der Waals surface area contributed by atoms with Gasteiger partial charge in [-0.1, -0.05) is 12.2 Å². The van der Waals surface area contributed by atoms with Crippen LogP contribution in [0.25, 0.3) is 5.57 Å². The molecule has 2 heterocycles. The fourth-order valence-electron chi connectivity index (χ4n) is 2.05. The second-order valence-corrected chi connectivity index (χ2v) is 4.14. The molecule has 0 fully saturated rings. The largest absolute Gasteiger partial charge is 0.360 e. The lowest BCUT2D eigenvalue weighted by atomic mass is 10.1. The predicted molar refractivity (Wildman–Crippen MR) is 76.3 cm³/mol. The molecule has 18 heavy (non-hydrogen) atoms. The highest BCUT2D eigenvalue weighted by atomic mass is 15.2. The first-order chi connectivity index (χ1) is 8.85. The van der Waals surface area contributed by atoms with Crippen molar-refractivity contribution in [3.63, 3.8) is 0 Å². The molecule has 0 amide bonds. The van der Waals surface area contributed by atoms with Crippen molar-refractivity contribution in [2.24, 2.45) is 4.99 Å². The average Bonchev–Trinajstić information content (AvgIpc) is 2.67. The SMILES string of the molecule is CCN(CC)C1=NC=C(c2ccncc2)C=CC1. The second kappa shape index (κ2) is 6.15. The molecule has 0 aliphatic carbocycles. The van der Waals surface area contributed by atoms with E-state index >= 15 is 0 Å². The van der Waals surface area contributed by atoms with Crippen molar-refractivity contribution in [1.29, 1.82) is 0 Å². The van der Waals surface area contributed by atoms with E-state index in [0.29, 0.717) is 0 Å². The molecule has 94 valence electrons. The van der Waals surface area contributed by atoms with Crippen LogP contribution in [0.1, 0.15) is 25.8 Å². The molecule has 1 aliphatic heterocycles. The third-order valence-corrected chi connectivity index (χ3v) is 3.09. The molecular weight excluding hydrogens is 222 g/mol. The minimum atomic E-state index is 0.896. The first-order valence-corrected chi connectivity index (χ1v) is 6.43. The minimum Gasteiger partial charge on any atom is -0.360 e. The van der Waals surface area contributed by atoms with E-state index in [-0.39, 0.29) is 0 Å². The van der Waals surface area contributed by atoms with E-state index in [1.165, 1.54) is 0 Å². The molecule has 1 aliphatic rings. The number of pyridine rings is 1. The van der Waals surface area contributed by atoms with Gasteiger partial charge in [-0.2, -0.15) is 0 Å². The average molecular weight is 241 g/mol. The van der Waals surface area contributed by atoms with Gasteiger partial charge in [0, 0.05) is 38.1 Å². The fraction of sp³-hybridized carbons (Fsp3) is 0.333. The van der Waals surface area contributed by atoms with Gasteiger partial charge in [-0.3, -0.25) is 4.98 Å². The molecule has 0 radical (unpaired) electrons. The zero-order valence-corrected chi connectivity index (χ0v) is 11.0. The molecule has 0 atom stereocenters. The number of aliphatic imine (C=N–C) groups is 1. The van der Waals surface area contributed by atoms with Crippen molar-refractivity contribution in [2.75, 3.05) is 13.1 Å². The summed E-state index contributed by atoms with van der Waals surface area (Å²) in [5, 5.41) is 0. The Morgan fingerprint density at radius 3 is 2.56 bits per heavy atom. The quantitative estimate of drug-likeness (QED) is 0.813. The molecule has 0 saturated heterocycles. The Balaban J connectivity index is 2.25. The molecule has 0 N–H and O–H groups in total. The van der Waals surface area contributed by atoms with Crippen molar-refractivity contribution in [1.82, 2.24) is 9.88 Å². The van der Waals surface area contributed by atoms with Crippen LogP contribution in [0.4, 0.5) is 0 Å². The highest BCUT2D eigenvalue weighted by Gasteiger charge is 2.07. The van der Waals surface area contributed by atoms with Crippen molar-refractivity contribution in [2.45, 2.75) is 20.3 Å². The first kappa shape index (κ1) is 12.6. The van der Waals surface area contributed by atoms with Crippen molar-refractivity contribution in [3.05, 3.63) is 48.4 Å². The number of hydrogen-bond acceptors (Lipinski definition) is 3. The summed E-state index contributed by atoms with van der Waals surface area (Å²) in [6.07, 6.45) is 10.8. The Hall–Kier alpha value is -1.90. The Labute approximate surface area is 109 Å². The van der Waals surface area contributed by atoms with Crippen LogP contribution >= 0.6 is 0 Å². The highest BCUT2D eigenvalue weighted by Crippen LogP contribution is 2.18. The minimum absolute atomic E-state index is 0.896. The van der Waals surface area contributed by atoms with Gasteiger partial charge in [0.15, 0.2) is 0 Å². The second-order valence-electron chi connectivity index (χ2n) is 4.14. The topological polar surface area (TPSA) is 28.5 Å². The molecule has 0 spiro atoms. The molecule has 3 nitrogen and oxygen atoms in total. The first-order valence-electron chi connectivity index (χ1n) is 6.43. The number of nitrogens with zero attached hydrogens (tertiary/aromatic N) is 3. The van der Waals surface area contributed by atoms with E-state index in [4.69, 9.17) is 0 Å². The molecule has 1 aromatic rings. The normalized spacial score (nSPS) is 14.8. The zero-order valence-electron chi connectivity index (χ0n) is 11.0. The molecule has 0 bridgehead atoms. The van der Waals surface area contributed by atoms with E-state index in [0.717, 1.165) is 36.5 Å². The molecule has 2 rings (SSSR count).